The summed E-state index contributed by atoms with van der Waals surface area (Å²) in [6.45, 7) is 3.63. The number of thioether (sulfide) groups is 1. The lowest BCUT2D eigenvalue weighted by Crippen LogP contribution is -2.36. The van der Waals surface area contributed by atoms with Gasteiger partial charge in [-0.3, -0.25) is 0 Å². The molecule has 1 saturated heterocycles. The molecule has 1 aliphatic carbocycles. The van der Waals surface area contributed by atoms with Crippen LogP contribution in [-0.2, 0) is 0 Å². The van der Waals surface area contributed by atoms with E-state index in [9.17, 15) is 0 Å². The van der Waals surface area contributed by atoms with E-state index in [4.69, 9.17) is 0 Å². The van der Waals surface area contributed by atoms with Gasteiger partial charge < -0.3 is 5.32 Å². The van der Waals surface area contributed by atoms with Crippen LogP contribution >= 0.6 is 11.8 Å². The first kappa shape index (κ1) is 9.85. The van der Waals surface area contributed by atoms with Crippen LogP contribution < -0.4 is 5.32 Å². The fraction of sp³-hybridized carbons (Fsp3) is 1.00. The predicted octanol–water partition coefficient (Wildman–Crippen LogP) is 2.80. The van der Waals surface area contributed by atoms with Crippen molar-refractivity contribution < 1.29 is 0 Å². The third-order valence-electron chi connectivity index (χ3n) is 3.32. The molecule has 2 heteroatoms. The molecule has 0 aromatic heterocycles. The van der Waals surface area contributed by atoms with Crippen molar-refractivity contribution >= 4 is 11.8 Å². The maximum Gasteiger partial charge on any atom is 0.0203 e. The van der Waals surface area contributed by atoms with E-state index in [0.29, 0.717) is 0 Å². The van der Waals surface area contributed by atoms with Gasteiger partial charge >= 0.3 is 0 Å². The fourth-order valence-electron chi connectivity index (χ4n) is 2.51. The van der Waals surface area contributed by atoms with Crippen molar-refractivity contribution in [1.29, 1.82) is 0 Å². The van der Waals surface area contributed by atoms with E-state index in [2.05, 4.69) is 24.0 Å². The van der Waals surface area contributed by atoms with Crippen molar-refractivity contribution in [2.45, 2.75) is 62.0 Å². The van der Waals surface area contributed by atoms with Crippen LogP contribution in [0, 0.1) is 0 Å². The fourth-order valence-corrected chi connectivity index (χ4v) is 4.08. The van der Waals surface area contributed by atoms with Crippen LogP contribution in [0.4, 0.5) is 0 Å². The lowest BCUT2D eigenvalue weighted by molar-refractivity contribution is 0.477. The monoisotopic (exact) mass is 199 g/mol. The van der Waals surface area contributed by atoms with Crippen molar-refractivity contribution in [1.82, 2.24) is 5.32 Å². The molecule has 0 spiro atoms. The standard InChI is InChI=1S/C11H21NS/c1-9-7-8-12-10-5-3-2-4-6-11(10)13-9/h9-12H,2-8H2,1H3. The second kappa shape index (κ2) is 4.70. The SMILES string of the molecule is CC1CCNC2CCCCCC2S1. The summed E-state index contributed by atoms with van der Waals surface area (Å²) < 4.78 is 0. The zero-order valence-corrected chi connectivity index (χ0v) is 9.41. The van der Waals surface area contributed by atoms with Crippen LogP contribution in [0.1, 0.15) is 45.4 Å². The Bertz CT molecular complexity index is 160. The maximum atomic E-state index is 3.73. The number of nitrogens with one attached hydrogen (secondary N) is 1. The number of rotatable bonds is 0. The molecule has 0 amide bonds. The van der Waals surface area contributed by atoms with E-state index in [1.165, 1.54) is 45.1 Å². The van der Waals surface area contributed by atoms with Gasteiger partial charge in [0.2, 0.25) is 0 Å². The lowest BCUT2D eigenvalue weighted by Gasteiger charge is -2.23. The first-order valence-corrected chi connectivity index (χ1v) is 6.69. The Morgan fingerprint density at radius 3 is 2.85 bits per heavy atom. The zero-order valence-electron chi connectivity index (χ0n) is 8.59. The molecule has 0 aromatic carbocycles. The van der Waals surface area contributed by atoms with Gasteiger partial charge in [-0.15, -0.1) is 0 Å². The summed E-state index contributed by atoms with van der Waals surface area (Å²) in [6.07, 6.45) is 8.60. The molecule has 1 N–H and O–H groups in total. The number of hydrogen-bond donors (Lipinski definition) is 1. The minimum Gasteiger partial charge on any atom is -0.313 e. The molecule has 0 bridgehead atoms. The van der Waals surface area contributed by atoms with Crippen LogP contribution in [0.3, 0.4) is 0 Å². The first-order chi connectivity index (χ1) is 6.36. The molecule has 13 heavy (non-hydrogen) atoms. The largest absolute Gasteiger partial charge is 0.313 e. The van der Waals surface area contributed by atoms with E-state index >= 15 is 0 Å². The van der Waals surface area contributed by atoms with Crippen LogP contribution in [0.5, 0.6) is 0 Å². The molecule has 1 heterocycles. The van der Waals surface area contributed by atoms with Crippen molar-refractivity contribution in [3.05, 3.63) is 0 Å². The minimum absolute atomic E-state index is 0.831. The maximum absolute atomic E-state index is 3.73. The summed E-state index contributed by atoms with van der Waals surface area (Å²) in [5, 5.41) is 5.53. The molecule has 3 unspecified atom stereocenters. The quantitative estimate of drug-likeness (QED) is 0.644. The average molecular weight is 199 g/mol. The molecule has 0 radical (unpaired) electrons. The summed E-state index contributed by atoms with van der Waals surface area (Å²) in [5.41, 5.74) is 0. The van der Waals surface area contributed by atoms with E-state index in [1.807, 2.05) is 0 Å². The van der Waals surface area contributed by atoms with Gasteiger partial charge in [0.05, 0.1) is 0 Å². The topological polar surface area (TPSA) is 12.0 Å². The van der Waals surface area contributed by atoms with E-state index < -0.39 is 0 Å². The average Bonchev–Trinajstić information content (AvgIpc) is 2.38. The second-order valence-corrected chi connectivity index (χ2v) is 6.15. The van der Waals surface area contributed by atoms with Crippen molar-refractivity contribution in [3.63, 3.8) is 0 Å². The van der Waals surface area contributed by atoms with Crippen molar-refractivity contribution in [2.24, 2.45) is 0 Å². The molecule has 1 nitrogen and oxygen atoms in total. The summed E-state index contributed by atoms with van der Waals surface area (Å²) >= 11 is 2.24. The van der Waals surface area contributed by atoms with Crippen LogP contribution in [0.15, 0.2) is 0 Å². The minimum atomic E-state index is 0.831. The zero-order chi connectivity index (χ0) is 9.10. The normalized spacial score (nSPS) is 41.8. The van der Waals surface area contributed by atoms with Gasteiger partial charge in [-0.1, -0.05) is 26.2 Å². The van der Waals surface area contributed by atoms with Gasteiger partial charge in [0, 0.05) is 16.5 Å². The highest BCUT2D eigenvalue weighted by Gasteiger charge is 2.27. The lowest BCUT2D eigenvalue weighted by atomic mass is 10.1. The Morgan fingerprint density at radius 2 is 1.92 bits per heavy atom. The van der Waals surface area contributed by atoms with Gasteiger partial charge in [0.25, 0.3) is 0 Å². The Balaban J connectivity index is 1.98. The summed E-state index contributed by atoms with van der Waals surface area (Å²) in [5.74, 6) is 0. The molecule has 1 aliphatic heterocycles. The predicted molar refractivity (Wildman–Crippen MR) is 60.3 cm³/mol. The smallest absolute Gasteiger partial charge is 0.0203 e. The highest BCUT2D eigenvalue weighted by Crippen LogP contribution is 2.33. The van der Waals surface area contributed by atoms with Gasteiger partial charge in [-0.2, -0.15) is 11.8 Å². The van der Waals surface area contributed by atoms with E-state index in [0.717, 1.165) is 16.5 Å². The van der Waals surface area contributed by atoms with Crippen molar-refractivity contribution in [3.8, 4) is 0 Å². The Morgan fingerprint density at radius 1 is 1.08 bits per heavy atom. The second-order valence-electron chi connectivity index (χ2n) is 4.47. The summed E-state index contributed by atoms with van der Waals surface area (Å²) in [7, 11) is 0. The molecule has 1 saturated carbocycles. The summed E-state index contributed by atoms with van der Waals surface area (Å²) in [6, 6.07) is 0.831. The summed E-state index contributed by atoms with van der Waals surface area (Å²) in [4.78, 5) is 0. The molecular formula is C11H21NS. The highest BCUT2D eigenvalue weighted by atomic mass is 32.2. The molecule has 0 aromatic rings. The van der Waals surface area contributed by atoms with Crippen LogP contribution in [0.25, 0.3) is 0 Å². The van der Waals surface area contributed by atoms with E-state index in [1.54, 1.807) is 0 Å². The molecule has 2 rings (SSSR count). The Kier molecular flexibility index (Phi) is 3.56. The molecule has 2 fully saturated rings. The third kappa shape index (κ3) is 2.63. The number of hydrogen-bond acceptors (Lipinski definition) is 2. The first-order valence-electron chi connectivity index (χ1n) is 5.75. The Labute approximate surface area is 86.0 Å². The molecule has 3 atom stereocenters. The van der Waals surface area contributed by atoms with Gasteiger partial charge in [0.15, 0.2) is 0 Å². The van der Waals surface area contributed by atoms with Crippen molar-refractivity contribution in [2.75, 3.05) is 6.54 Å². The van der Waals surface area contributed by atoms with E-state index in [-0.39, 0.29) is 0 Å². The van der Waals surface area contributed by atoms with Gasteiger partial charge in [-0.05, 0) is 25.8 Å². The third-order valence-corrected chi connectivity index (χ3v) is 4.93. The Hall–Kier alpha value is 0.310. The highest BCUT2D eigenvalue weighted by molar-refractivity contribution is 8.00. The van der Waals surface area contributed by atoms with Crippen LogP contribution in [0.2, 0.25) is 0 Å². The van der Waals surface area contributed by atoms with Gasteiger partial charge in [0.1, 0.15) is 0 Å². The van der Waals surface area contributed by atoms with Crippen LogP contribution in [-0.4, -0.2) is 23.1 Å². The molecular weight excluding hydrogens is 178 g/mol. The number of fused-ring (bicyclic) bond motifs is 1. The van der Waals surface area contributed by atoms with Gasteiger partial charge in [-0.25, -0.2) is 0 Å². The molecule has 2 aliphatic rings. The molecule has 76 valence electrons.